The Bertz CT molecular complexity index is 499. The molecule has 1 aliphatic carbocycles. The highest BCUT2D eigenvalue weighted by molar-refractivity contribution is 7.09. The van der Waals surface area contributed by atoms with Gasteiger partial charge < -0.3 is 5.32 Å². The van der Waals surface area contributed by atoms with E-state index in [1.54, 1.807) is 11.3 Å². The SMILES string of the molecule is C[C@@H](NC(=O)[C@H]1CC=CCC1)c1nc(C(C)(C)C)cs1. The van der Waals surface area contributed by atoms with Gasteiger partial charge in [-0.3, -0.25) is 4.79 Å². The summed E-state index contributed by atoms with van der Waals surface area (Å²) in [6, 6.07) is -0.00509. The van der Waals surface area contributed by atoms with Crippen molar-refractivity contribution in [1.29, 1.82) is 0 Å². The number of carbonyl (C=O) groups is 1. The average molecular weight is 292 g/mol. The Morgan fingerprint density at radius 2 is 2.20 bits per heavy atom. The number of thiazole rings is 1. The van der Waals surface area contributed by atoms with E-state index in [4.69, 9.17) is 0 Å². The average Bonchev–Trinajstić information content (AvgIpc) is 2.89. The smallest absolute Gasteiger partial charge is 0.223 e. The Morgan fingerprint density at radius 1 is 1.45 bits per heavy atom. The van der Waals surface area contributed by atoms with Crippen LogP contribution in [0.25, 0.3) is 0 Å². The van der Waals surface area contributed by atoms with E-state index in [1.807, 2.05) is 6.92 Å². The van der Waals surface area contributed by atoms with Crippen LogP contribution in [0.3, 0.4) is 0 Å². The summed E-state index contributed by atoms with van der Waals surface area (Å²) in [6.07, 6.45) is 7.10. The molecular weight excluding hydrogens is 268 g/mol. The molecule has 4 heteroatoms. The van der Waals surface area contributed by atoms with Gasteiger partial charge in [-0.25, -0.2) is 4.98 Å². The highest BCUT2D eigenvalue weighted by Crippen LogP contribution is 2.27. The Balaban J connectivity index is 1.97. The molecule has 110 valence electrons. The van der Waals surface area contributed by atoms with E-state index in [1.165, 1.54) is 0 Å². The third-order valence-electron chi connectivity index (χ3n) is 3.66. The highest BCUT2D eigenvalue weighted by Gasteiger charge is 2.23. The minimum atomic E-state index is -0.00509. The number of amides is 1. The van der Waals surface area contributed by atoms with Gasteiger partial charge in [0.15, 0.2) is 0 Å². The first-order valence-corrected chi connectivity index (χ1v) is 8.17. The van der Waals surface area contributed by atoms with E-state index in [-0.39, 0.29) is 23.3 Å². The van der Waals surface area contributed by atoms with Crippen molar-refractivity contribution in [3.8, 4) is 0 Å². The molecule has 0 aliphatic heterocycles. The summed E-state index contributed by atoms with van der Waals surface area (Å²) in [5.41, 5.74) is 1.16. The van der Waals surface area contributed by atoms with E-state index in [2.05, 4.69) is 48.6 Å². The number of hydrogen-bond acceptors (Lipinski definition) is 3. The molecule has 1 N–H and O–H groups in total. The highest BCUT2D eigenvalue weighted by atomic mass is 32.1. The fourth-order valence-electron chi connectivity index (χ4n) is 2.26. The maximum absolute atomic E-state index is 12.2. The first-order chi connectivity index (χ1) is 9.38. The molecule has 1 amide bonds. The van der Waals surface area contributed by atoms with Crippen LogP contribution in [-0.4, -0.2) is 10.9 Å². The Hall–Kier alpha value is -1.16. The van der Waals surface area contributed by atoms with Crippen LogP contribution >= 0.6 is 11.3 Å². The summed E-state index contributed by atoms with van der Waals surface area (Å²) in [6.45, 7) is 8.48. The van der Waals surface area contributed by atoms with Crippen molar-refractivity contribution in [3.05, 3.63) is 28.2 Å². The lowest BCUT2D eigenvalue weighted by molar-refractivity contribution is -0.125. The first kappa shape index (κ1) is 15.2. The van der Waals surface area contributed by atoms with E-state index >= 15 is 0 Å². The van der Waals surface area contributed by atoms with Crippen molar-refractivity contribution in [2.45, 2.75) is 58.4 Å². The van der Waals surface area contributed by atoms with Crippen molar-refractivity contribution in [2.75, 3.05) is 0 Å². The summed E-state index contributed by atoms with van der Waals surface area (Å²) in [5.74, 6) is 0.291. The van der Waals surface area contributed by atoms with Gasteiger partial charge in [-0.2, -0.15) is 0 Å². The van der Waals surface area contributed by atoms with Crippen LogP contribution < -0.4 is 5.32 Å². The lowest BCUT2D eigenvalue weighted by atomic mass is 9.93. The van der Waals surface area contributed by atoms with Crippen molar-refractivity contribution >= 4 is 17.2 Å². The van der Waals surface area contributed by atoms with Crippen LogP contribution in [0.4, 0.5) is 0 Å². The van der Waals surface area contributed by atoms with Crippen LogP contribution in [0.5, 0.6) is 0 Å². The molecule has 1 aromatic rings. The second-order valence-corrected chi connectivity index (χ2v) is 7.42. The third kappa shape index (κ3) is 3.69. The topological polar surface area (TPSA) is 42.0 Å². The van der Waals surface area contributed by atoms with Gasteiger partial charge in [-0.05, 0) is 26.2 Å². The quantitative estimate of drug-likeness (QED) is 0.856. The molecule has 1 aromatic heterocycles. The zero-order chi connectivity index (χ0) is 14.8. The Kier molecular flexibility index (Phi) is 4.63. The molecule has 0 unspecified atom stereocenters. The minimum absolute atomic E-state index is 0.00509. The molecule has 0 saturated carbocycles. The summed E-state index contributed by atoms with van der Waals surface area (Å²) in [5, 5.41) is 6.20. The number of nitrogens with one attached hydrogen (secondary N) is 1. The molecule has 2 atom stereocenters. The molecule has 0 bridgehead atoms. The van der Waals surface area contributed by atoms with Crippen molar-refractivity contribution in [1.82, 2.24) is 10.3 Å². The standard InChI is InChI=1S/C16H24N2OS/c1-11(15-18-13(10-20-15)16(2,3)4)17-14(19)12-8-6-5-7-9-12/h5-6,10-12H,7-9H2,1-4H3,(H,17,19)/t11-,12+/m1/s1. The normalized spacial score (nSPS) is 20.7. The number of nitrogens with zero attached hydrogens (tertiary/aromatic N) is 1. The molecule has 1 aliphatic rings. The molecule has 0 spiro atoms. The van der Waals surface area contributed by atoms with Gasteiger partial charge in [-0.1, -0.05) is 32.9 Å². The van der Waals surface area contributed by atoms with E-state index in [0.717, 1.165) is 30.0 Å². The molecule has 2 rings (SSSR count). The van der Waals surface area contributed by atoms with Crippen LogP contribution in [-0.2, 0) is 10.2 Å². The molecular formula is C16H24N2OS. The number of carbonyl (C=O) groups excluding carboxylic acids is 1. The maximum Gasteiger partial charge on any atom is 0.223 e. The summed E-state index contributed by atoms with van der Waals surface area (Å²) >= 11 is 1.63. The molecule has 20 heavy (non-hydrogen) atoms. The van der Waals surface area contributed by atoms with Crippen molar-refractivity contribution in [2.24, 2.45) is 5.92 Å². The molecule has 3 nitrogen and oxygen atoms in total. The van der Waals surface area contributed by atoms with Crippen molar-refractivity contribution < 1.29 is 4.79 Å². The monoisotopic (exact) mass is 292 g/mol. The van der Waals surface area contributed by atoms with Gasteiger partial charge in [0.2, 0.25) is 5.91 Å². The lowest BCUT2D eigenvalue weighted by Crippen LogP contribution is -2.33. The van der Waals surface area contributed by atoms with E-state index < -0.39 is 0 Å². The molecule has 0 fully saturated rings. The summed E-state index contributed by atoms with van der Waals surface area (Å²) in [4.78, 5) is 16.9. The van der Waals surface area contributed by atoms with Crippen LogP contribution in [0.15, 0.2) is 17.5 Å². The molecule has 1 heterocycles. The number of allylic oxidation sites excluding steroid dienone is 2. The van der Waals surface area contributed by atoms with Gasteiger partial charge in [-0.15, -0.1) is 11.3 Å². The number of aromatic nitrogens is 1. The molecule has 0 radical (unpaired) electrons. The van der Waals surface area contributed by atoms with Crippen molar-refractivity contribution in [3.63, 3.8) is 0 Å². The number of rotatable bonds is 3. The number of hydrogen-bond donors (Lipinski definition) is 1. The fourth-order valence-corrected chi connectivity index (χ4v) is 3.31. The van der Waals surface area contributed by atoms with E-state index in [0.29, 0.717) is 0 Å². The molecule has 0 saturated heterocycles. The summed E-state index contributed by atoms with van der Waals surface area (Å²) in [7, 11) is 0. The first-order valence-electron chi connectivity index (χ1n) is 7.29. The summed E-state index contributed by atoms with van der Waals surface area (Å²) < 4.78 is 0. The predicted molar refractivity (Wildman–Crippen MR) is 83.9 cm³/mol. The van der Waals surface area contributed by atoms with Gasteiger partial charge >= 0.3 is 0 Å². The zero-order valence-corrected chi connectivity index (χ0v) is 13.6. The zero-order valence-electron chi connectivity index (χ0n) is 12.8. The lowest BCUT2D eigenvalue weighted by Gasteiger charge is -2.20. The van der Waals surface area contributed by atoms with Gasteiger partial charge in [0.05, 0.1) is 11.7 Å². The second-order valence-electron chi connectivity index (χ2n) is 6.53. The predicted octanol–water partition coefficient (Wildman–Crippen LogP) is 3.97. The maximum atomic E-state index is 12.2. The minimum Gasteiger partial charge on any atom is -0.347 e. The third-order valence-corrected chi connectivity index (χ3v) is 4.69. The fraction of sp³-hybridized carbons (Fsp3) is 0.625. The van der Waals surface area contributed by atoms with Crippen LogP contribution in [0, 0.1) is 5.92 Å². The van der Waals surface area contributed by atoms with Gasteiger partial charge in [0.1, 0.15) is 5.01 Å². The molecule has 0 aromatic carbocycles. The van der Waals surface area contributed by atoms with E-state index in [9.17, 15) is 4.79 Å². The van der Waals surface area contributed by atoms with Crippen LogP contribution in [0.1, 0.15) is 63.7 Å². The van der Waals surface area contributed by atoms with Crippen LogP contribution in [0.2, 0.25) is 0 Å². The largest absolute Gasteiger partial charge is 0.347 e. The Morgan fingerprint density at radius 3 is 2.75 bits per heavy atom. The van der Waals surface area contributed by atoms with Gasteiger partial charge in [0, 0.05) is 16.7 Å². The Labute approximate surface area is 125 Å². The van der Waals surface area contributed by atoms with Gasteiger partial charge in [0.25, 0.3) is 0 Å². The second kappa shape index (κ2) is 6.08.